The van der Waals surface area contributed by atoms with Crippen molar-refractivity contribution in [3.8, 4) is 0 Å². The summed E-state index contributed by atoms with van der Waals surface area (Å²) in [5, 5.41) is 20.6. The number of nitrogens with one attached hydrogen (secondary N) is 1. The van der Waals surface area contributed by atoms with Gasteiger partial charge in [-0.2, -0.15) is 0 Å². The third-order valence-electron chi connectivity index (χ3n) is 2.72. The number of para-hydroxylation sites is 1. The molecule has 0 aliphatic heterocycles. The molecule has 1 rings (SSSR count). The van der Waals surface area contributed by atoms with Crippen LogP contribution in [0.1, 0.15) is 17.3 Å². The van der Waals surface area contributed by atoms with Crippen LogP contribution in [-0.2, 0) is 4.79 Å². The fourth-order valence-electron chi connectivity index (χ4n) is 1.41. The molecule has 0 radical (unpaired) electrons. The van der Waals surface area contributed by atoms with Crippen molar-refractivity contribution >= 4 is 17.6 Å². The van der Waals surface area contributed by atoms with Crippen LogP contribution in [0, 0.1) is 5.92 Å². The fraction of sp³-hybridized carbons (Fsp3) is 0.333. The van der Waals surface area contributed by atoms with Gasteiger partial charge in [-0.05, 0) is 12.1 Å². The Labute approximate surface area is 104 Å². The molecular weight excluding hydrogens is 236 g/mol. The van der Waals surface area contributed by atoms with Crippen LogP contribution in [0.15, 0.2) is 24.3 Å². The van der Waals surface area contributed by atoms with E-state index in [4.69, 9.17) is 15.9 Å². The van der Waals surface area contributed by atoms with Crippen LogP contribution >= 0.6 is 0 Å². The van der Waals surface area contributed by atoms with Crippen LogP contribution in [0.4, 0.5) is 5.69 Å². The van der Waals surface area contributed by atoms with Crippen molar-refractivity contribution in [3.63, 3.8) is 0 Å². The molecule has 0 bridgehead atoms. The molecule has 0 fully saturated rings. The maximum absolute atomic E-state index is 10.9. The molecule has 0 saturated heterocycles. The summed E-state index contributed by atoms with van der Waals surface area (Å²) in [5.41, 5.74) is 6.26. The highest BCUT2D eigenvalue weighted by Gasteiger charge is 2.20. The standard InChI is InChI=1S/C12H16N2O4/c1-7(11(15)16)9(13)6-14-10-5-3-2-4-8(10)12(17)18/h2-5,7,9,14H,6,13H2,1H3,(H,15,16)(H,17,18). The molecule has 2 atom stereocenters. The average Bonchev–Trinajstić information content (AvgIpc) is 2.35. The normalized spacial score (nSPS) is 13.7. The number of rotatable bonds is 6. The Morgan fingerprint density at radius 3 is 2.50 bits per heavy atom. The molecule has 98 valence electrons. The van der Waals surface area contributed by atoms with E-state index in [2.05, 4.69) is 5.32 Å². The summed E-state index contributed by atoms with van der Waals surface area (Å²) in [6.07, 6.45) is 0. The van der Waals surface area contributed by atoms with Gasteiger partial charge in [0.05, 0.1) is 11.5 Å². The van der Waals surface area contributed by atoms with Crippen molar-refractivity contribution in [2.75, 3.05) is 11.9 Å². The van der Waals surface area contributed by atoms with E-state index in [1.165, 1.54) is 13.0 Å². The molecule has 0 saturated carbocycles. The smallest absolute Gasteiger partial charge is 0.337 e. The summed E-state index contributed by atoms with van der Waals surface area (Å²) in [7, 11) is 0. The van der Waals surface area contributed by atoms with Crippen LogP contribution in [0.25, 0.3) is 0 Å². The van der Waals surface area contributed by atoms with E-state index in [9.17, 15) is 9.59 Å². The quantitative estimate of drug-likeness (QED) is 0.597. The van der Waals surface area contributed by atoms with Gasteiger partial charge in [-0.15, -0.1) is 0 Å². The topological polar surface area (TPSA) is 113 Å². The first-order chi connectivity index (χ1) is 8.43. The lowest BCUT2D eigenvalue weighted by atomic mass is 10.0. The summed E-state index contributed by atoms with van der Waals surface area (Å²) in [6, 6.07) is 5.80. The molecule has 0 heterocycles. The molecule has 6 heteroatoms. The number of hydrogen-bond donors (Lipinski definition) is 4. The Morgan fingerprint density at radius 1 is 1.33 bits per heavy atom. The highest BCUT2D eigenvalue weighted by Crippen LogP contribution is 2.15. The van der Waals surface area contributed by atoms with Gasteiger partial charge in [0.15, 0.2) is 0 Å². The minimum Gasteiger partial charge on any atom is -0.481 e. The average molecular weight is 252 g/mol. The van der Waals surface area contributed by atoms with Crippen molar-refractivity contribution in [1.82, 2.24) is 0 Å². The summed E-state index contributed by atoms with van der Waals surface area (Å²) in [6.45, 7) is 1.70. The summed E-state index contributed by atoms with van der Waals surface area (Å²) in [4.78, 5) is 21.7. The number of benzene rings is 1. The van der Waals surface area contributed by atoms with Gasteiger partial charge in [0.25, 0.3) is 0 Å². The van der Waals surface area contributed by atoms with Crippen molar-refractivity contribution in [3.05, 3.63) is 29.8 Å². The molecule has 2 unspecified atom stereocenters. The number of nitrogens with two attached hydrogens (primary N) is 1. The Morgan fingerprint density at radius 2 is 1.94 bits per heavy atom. The first-order valence-corrected chi connectivity index (χ1v) is 5.48. The number of anilines is 1. The molecule has 0 aromatic heterocycles. The van der Waals surface area contributed by atoms with Crippen molar-refractivity contribution in [1.29, 1.82) is 0 Å². The minimum atomic E-state index is -1.04. The van der Waals surface area contributed by atoms with Gasteiger partial charge in [0.2, 0.25) is 0 Å². The Balaban J connectivity index is 2.69. The number of hydrogen-bond acceptors (Lipinski definition) is 4. The molecule has 5 N–H and O–H groups in total. The monoisotopic (exact) mass is 252 g/mol. The van der Waals surface area contributed by atoms with Gasteiger partial charge in [-0.1, -0.05) is 19.1 Å². The second kappa shape index (κ2) is 6.02. The number of aliphatic carboxylic acids is 1. The van der Waals surface area contributed by atoms with Crippen molar-refractivity contribution in [2.24, 2.45) is 11.7 Å². The molecule has 6 nitrogen and oxygen atoms in total. The number of aromatic carboxylic acids is 1. The second-order valence-electron chi connectivity index (χ2n) is 4.02. The Hall–Kier alpha value is -2.08. The van der Waals surface area contributed by atoms with Gasteiger partial charge in [0.1, 0.15) is 0 Å². The highest BCUT2D eigenvalue weighted by atomic mass is 16.4. The summed E-state index contributed by atoms with van der Waals surface area (Å²) >= 11 is 0. The lowest BCUT2D eigenvalue weighted by Crippen LogP contribution is -2.39. The lowest BCUT2D eigenvalue weighted by Gasteiger charge is -2.18. The zero-order valence-electron chi connectivity index (χ0n) is 9.96. The predicted molar refractivity (Wildman–Crippen MR) is 66.7 cm³/mol. The SMILES string of the molecule is CC(C(=O)O)C(N)CNc1ccccc1C(=O)O. The van der Waals surface area contributed by atoms with E-state index in [1.807, 2.05) is 0 Å². The van der Waals surface area contributed by atoms with Gasteiger partial charge in [-0.3, -0.25) is 4.79 Å². The van der Waals surface area contributed by atoms with E-state index >= 15 is 0 Å². The van der Waals surface area contributed by atoms with Crippen LogP contribution in [0.2, 0.25) is 0 Å². The van der Waals surface area contributed by atoms with Gasteiger partial charge in [0, 0.05) is 18.3 Å². The molecule has 1 aromatic carbocycles. The molecule has 1 aromatic rings. The second-order valence-corrected chi connectivity index (χ2v) is 4.02. The minimum absolute atomic E-state index is 0.132. The van der Waals surface area contributed by atoms with Crippen LogP contribution in [0.3, 0.4) is 0 Å². The van der Waals surface area contributed by atoms with Crippen LogP contribution in [-0.4, -0.2) is 34.7 Å². The molecule has 0 aliphatic carbocycles. The zero-order chi connectivity index (χ0) is 13.7. The van der Waals surface area contributed by atoms with E-state index in [0.29, 0.717) is 5.69 Å². The predicted octanol–water partition coefficient (Wildman–Crippen LogP) is 0.845. The van der Waals surface area contributed by atoms with Crippen LogP contribution < -0.4 is 11.1 Å². The van der Waals surface area contributed by atoms with E-state index in [-0.39, 0.29) is 12.1 Å². The van der Waals surface area contributed by atoms with E-state index in [0.717, 1.165) is 0 Å². The van der Waals surface area contributed by atoms with E-state index < -0.39 is 23.9 Å². The molecule has 0 amide bonds. The molecular formula is C12H16N2O4. The Bertz CT molecular complexity index is 447. The van der Waals surface area contributed by atoms with Crippen molar-refractivity contribution < 1.29 is 19.8 Å². The molecule has 18 heavy (non-hydrogen) atoms. The number of carboxylic acid groups (broad SMARTS) is 2. The number of carbonyl (C=O) groups is 2. The maximum Gasteiger partial charge on any atom is 0.337 e. The van der Waals surface area contributed by atoms with Gasteiger partial charge in [-0.25, -0.2) is 4.79 Å². The largest absolute Gasteiger partial charge is 0.481 e. The zero-order valence-corrected chi connectivity index (χ0v) is 9.96. The fourth-order valence-corrected chi connectivity index (χ4v) is 1.41. The lowest BCUT2D eigenvalue weighted by molar-refractivity contribution is -0.141. The van der Waals surface area contributed by atoms with Crippen molar-refractivity contribution in [2.45, 2.75) is 13.0 Å². The van der Waals surface area contributed by atoms with E-state index in [1.54, 1.807) is 18.2 Å². The van der Waals surface area contributed by atoms with Crippen LogP contribution in [0.5, 0.6) is 0 Å². The van der Waals surface area contributed by atoms with Gasteiger partial charge >= 0.3 is 11.9 Å². The summed E-state index contributed by atoms with van der Waals surface area (Å²) in [5.74, 6) is -2.72. The third kappa shape index (κ3) is 3.46. The maximum atomic E-state index is 10.9. The first-order valence-electron chi connectivity index (χ1n) is 5.48. The molecule has 0 spiro atoms. The number of carboxylic acids is 2. The highest BCUT2D eigenvalue weighted by molar-refractivity contribution is 5.94. The third-order valence-corrected chi connectivity index (χ3v) is 2.72. The Kier molecular flexibility index (Phi) is 4.67. The summed E-state index contributed by atoms with van der Waals surface area (Å²) < 4.78 is 0. The van der Waals surface area contributed by atoms with Gasteiger partial charge < -0.3 is 21.3 Å². The first kappa shape index (κ1) is 14.0. The molecule has 0 aliphatic rings.